The van der Waals surface area contributed by atoms with Gasteiger partial charge in [0.15, 0.2) is 11.6 Å². The number of halogens is 1. The van der Waals surface area contributed by atoms with Crippen molar-refractivity contribution in [3.8, 4) is 22.9 Å². The highest BCUT2D eigenvalue weighted by atomic mass is 19.1. The highest BCUT2D eigenvalue weighted by molar-refractivity contribution is 5.99. The minimum Gasteiger partial charge on any atom is -0.434 e. The van der Waals surface area contributed by atoms with Crippen molar-refractivity contribution in [2.75, 3.05) is 0 Å². The first-order valence-electron chi connectivity index (χ1n) is 6.92. The summed E-state index contributed by atoms with van der Waals surface area (Å²) in [4.78, 5) is 11.6. The molecule has 0 saturated carbocycles. The number of aryl methyl sites for hydroxylation is 1. The SMILES string of the molecule is Cn1nc(Oc2ccccc2F)cc1-c1ccccc1C(N)=O. The Bertz CT molecular complexity index is 874. The van der Waals surface area contributed by atoms with Gasteiger partial charge in [0, 0.05) is 24.2 Å². The van der Waals surface area contributed by atoms with Gasteiger partial charge in [0.1, 0.15) is 0 Å². The number of carbonyl (C=O) groups excluding carboxylic acids is 1. The van der Waals surface area contributed by atoms with Gasteiger partial charge in [-0.25, -0.2) is 4.39 Å². The zero-order valence-electron chi connectivity index (χ0n) is 12.4. The Kier molecular flexibility index (Phi) is 3.80. The second kappa shape index (κ2) is 5.92. The first-order chi connectivity index (χ1) is 11.1. The first kappa shape index (κ1) is 14.8. The molecule has 2 N–H and O–H groups in total. The maximum Gasteiger partial charge on any atom is 0.249 e. The van der Waals surface area contributed by atoms with Crippen molar-refractivity contribution in [2.45, 2.75) is 0 Å². The third-order valence-corrected chi connectivity index (χ3v) is 3.38. The molecule has 1 amide bonds. The second-order valence-corrected chi connectivity index (χ2v) is 4.93. The van der Waals surface area contributed by atoms with Crippen molar-refractivity contribution in [3.05, 3.63) is 66.0 Å². The molecule has 6 heteroatoms. The Morgan fingerprint density at radius 1 is 1.17 bits per heavy atom. The average molecular weight is 311 g/mol. The molecule has 0 aliphatic rings. The quantitative estimate of drug-likeness (QED) is 0.805. The molecule has 5 nitrogen and oxygen atoms in total. The predicted octanol–water partition coefficient (Wildman–Crippen LogP) is 3.12. The molecule has 3 aromatic rings. The molecule has 1 heterocycles. The van der Waals surface area contributed by atoms with Crippen molar-refractivity contribution in [2.24, 2.45) is 12.8 Å². The van der Waals surface area contributed by atoms with E-state index in [4.69, 9.17) is 10.5 Å². The van der Waals surface area contributed by atoms with E-state index in [1.54, 1.807) is 54.2 Å². The summed E-state index contributed by atoms with van der Waals surface area (Å²) in [5.74, 6) is -0.692. The van der Waals surface area contributed by atoms with Crippen LogP contribution in [0.15, 0.2) is 54.6 Å². The molecule has 0 fully saturated rings. The van der Waals surface area contributed by atoms with E-state index in [1.165, 1.54) is 12.1 Å². The fourth-order valence-corrected chi connectivity index (χ4v) is 2.30. The number of benzene rings is 2. The second-order valence-electron chi connectivity index (χ2n) is 4.93. The van der Waals surface area contributed by atoms with Gasteiger partial charge >= 0.3 is 0 Å². The van der Waals surface area contributed by atoms with Gasteiger partial charge in [-0.3, -0.25) is 9.48 Å². The molecular formula is C17H14FN3O2. The molecule has 23 heavy (non-hydrogen) atoms. The van der Waals surface area contributed by atoms with Crippen molar-refractivity contribution < 1.29 is 13.9 Å². The van der Waals surface area contributed by atoms with Crippen LogP contribution in [0.25, 0.3) is 11.3 Å². The van der Waals surface area contributed by atoms with Crippen molar-refractivity contribution in [1.82, 2.24) is 9.78 Å². The lowest BCUT2D eigenvalue weighted by Gasteiger charge is -2.05. The van der Waals surface area contributed by atoms with Crippen LogP contribution in [-0.4, -0.2) is 15.7 Å². The summed E-state index contributed by atoms with van der Waals surface area (Å²) >= 11 is 0. The Balaban J connectivity index is 1.99. The summed E-state index contributed by atoms with van der Waals surface area (Å²) < 4.78 is 20.7. The van der Waals surface area contributed by atoms with Crippen LogP contribution < -0.4 is 10.5 Å². The van der Waals surface area contributed by atoms with Crippen molar-refractivity contribution >= 4 is 5.91 Å². The summed E-state index contributed by atoms with van der Waals surface area (Å²) in [5, 5.41) is 4.20. The monoisotopic (exact) mass is 311 g/mol. The number of hydrogen-bond acceptors (Lipinski definition) is 3. The van der Waals surface area contributed by atoms with Gasteiger partial charge in [-0.1, -0.05) is 30.3 Å². The van der Waals surface area contributed by atoms with Crippen LogP contribution in [0.3, 0.4) is 0 Å². The highest BCUT2D eigenvalue weighted by Crippen LogP contribution is 2.29. The number of para-hydroxylation sites is 1. The molecule has 0 saturated heterocycles. The first-order valence-corrected chi connectivity index (χ1v) is 6.92. The Morgan fingerprint density at radius 2 is 1.87 bits per heavy atom. The normalized spacial score (nSPS) is 10.5. The van der Waals surface area contributed by atoms with Crippen LogP contribution in [0, 0.1) is 5.82 Å². The van der Waals surface area contributed by atoms with Crippen LogP contribution in [0.5, 0.6) is 11.6 Å². The summed E-state index contributed by atoms with van der Waals surface area (Å²) in [5.41, 5.74) is 7.07. The van der Waals surface area contributed by atoms with Gasteiger partial charge < -0.3 is 10.5 Å². The number of amides is 1. The maximum absolute atomic E-state index is 13.7. The van der Waals surface area contributed by atoms with Gasteiger partial charge in [-0.15, -0.1) is 5.10 Å². The highest BCUT2D eigenvalue weighted by Gasteiger charge is 2.15. The summed E-state index contributed by atoms with van der Waals surface area (Å²) in [7, 11) is 1.71. The van der Waals surface area contributed by atoms with Crippen LogP contribution in [0.2, 0.25) is 0 Å². The third-order valence-electron chi connectivity index (χ3n) is 3.38. The number of aromatic nitrogens is 2. The molecular weight excluding hydrogens is 297 g/mol. The van der Waals surface area contributed by atoms with Gasteiger partial charge in [-0.05, 0) is 18.2 Å². The van der Waals surface area contributed by atoms with Crippen molar-refractivity contribution in [3.63, 3.8) is 0 Å². The third kappa shape index (κ3) is 2.91. The van der Waals surface area contributed by atoms with Gasteiger partial charge in [0.2, 0.25) is 11.8 Å². The smallest absolute Gasteiger partial charge is 0.249 e. The summed E-state index contributed by atoms with van der Waals surface area (Å²) in [6, 6.07) is 14.6. The molecule has 116 valence electrons. The zero-order valence-corrected chi connectivity index (χ0v) is 12.4. The Hall–Kier alpha value is -3.15. The summed E-state index contributed by atoms with van der Waals surface area (Å²) in [6.45, 7) is 0. The topological polar surface area (TPSA) is 70.1 Å². The van der Waals surface area contributed by atoms with E-state index in [0.29, 0.717) is 16.8 Å². The zero-order chi connectivity index (χ0) is 16.4. The molecule has 2 aromatic carbocycles. The van der Waals surface area contributed by atoms with Gasteiger partial charge in [-0.2, -0.15) is 0 Å². The molecule has 0 spiro atoms. The molecule has 0 aliphatic carbocycles. The Labute approximate surface area is 132 Å². The van der Waals surface area contributed by atoms with Crippen LogP contribution in [-0.2, 0) is 7.05 Å². The van der Waals surface area contributed by atoms with E-state index in [1.807, 2.05) is 0 Å². The average Bonchev–Trinajstić information content (AvgIpc) is 2.90. The lowest BCUT2D eigenvalue weighted by atomic mass is 10.0. The fourth-order valence-electron chi connectivity index (χ4n) is 2.30. The van der Waals surface area contributed by atoms with Crippen molar-refractivity contribution in [1.29, 1.82) is 0 Å². The van der Waals surface area contributed by atoms with E-state index >= 15 is 0 Å². The lowest BCUT2D eigenvalue weighted by molar-refractivity contribution is 0.100. The molecule has 0 atom stereocenters. The largest absolute Gasteiger partial charge is 0.434 e. The Morgan fingerprint density at radius 3 is 2.61 bits per heavy atom. The number of nitrogens with two attached hydrogens (primary N) is 1. The van der Waals surface area contributed by atoms with E-state index in [0.717, 1.165) is 0 Å². The van der Waals surface area contributed by atoms with Crippen LogP contribution in [0.1, 0.15) is 10.4 Å². The molecule has 0 aliphatic heterocycles. The summed E-state index contributed by atoms with van der Waals surface area (Å²) in [6.07, 6.45) is 0. The van der Waals surface area contributed by atoms with E-state index in [-0.39, 0.29) is 11.6 Å². The van der Waals surface area contributed by atoms with Gasteiger partial charge in [0.05, 0.1) is 5.69 Å². The lowest BCUT2D eigenvalue weighted by Crippen LogP contribution is -2.12. The minimum atomic E-state index is -0.529. The number of primary amides is 1. The number of nitrogens with zero attached hydrogens (tertiary/aromatic N) is 2. The van der Waals surface area contributed by atoms with Crippen LogP contribution in [0.4, 0.5) is 4.39 Å². The number of hydrogen-bond donors (Lipinski definition) is 1. The molecule has 1 aromatic heterocycles. The molecule has 3 rings (SSSR count). The van der Waals surface area contributed by atoms with E-state index < -0.39 is 11.7 Å². The number of rotatable bonds is 4. The molecule has 0 radical (unpaired) electrons. The van der Waals surface area contributed by atoms with Crippen LogP contribution >= 0.6 is 0 Å². The number of ether oxygens (including phenoxy) is 1. The number of carbonyl (C=O) groups is 1. The van der Waals surface area contributed by atoms with E-state index in [2.05, 4.69) is 5.10 Å². The maximum atomic E-state index is 13.7. The fraction of sp³-hybridized carbons (Fsp3) is 0.0588. The molecule has 0 bridgehead atoms. The molecule has 0 unspecified atom stereocenters. The van der Waals surface area contributed by atoms with E-state index in [9.17, 15) is 9.18 Å². The standard InChI is InChI=1S/C17H14FN3O2/c1-21-14(11-6-2-3-7-12(11)17(19)22)10-16(20-21)23-15-9-5-4-8-13(15)18/h2-10H,1H3,(H2,19,22). The minimum absolute atomic E-state index is 0.0836. The van der Waals surface area contributed by atoms with Gasteiger partial charge in [0.25, 0.3) is 0 Å². The predicted molar refractivity (Wildman–Crippen MR) is 83.6 cm³/mol.